The third-order valence-electron chi connectivity index (χ3n) is 2.54. The predicted octanol–water partition coefficient (Wildman–Crippen LogP) is 1.65. The van der Waals surface area contributed by atoms with Crippen LogP contribution in [0.3, 0.4) is 0 Å². The second kappa shape index (κ2) is 6.70. The summed E-state index contributed by atoms with van der Waals surface area (Å²) in [6.07, 6.45) is 1.72. The van der Waals surface area contributed by atoms with Crippen molar-refractivity contribution in [2.24, 2.45) is 0 Å². The second-order valence-electron chi connectivity index (χ2n) is 4.03. The highest BCUT2D eigenvalue weighted by atomic mass is 16.5. The molecule has 0 bridgehead atoms. The van der Waals surface area contributed by atoms with Crippen LogP contribution in [0.25, 0.3) is 11.5 Å². The van der Waals surface area contributed by atoms with Gasteiger partial charge >= 0.3 is 0 Å². The number of methoxy groups -OCH3 is 1. The molecule has 2 rings (SSSR count). The van der Waals surface area contributed by atoms with Gasteiger partial charge in [0.1, 0.15) is 6.26 Å². The molecule has 0 saturated heterocycles. The van der Waals surface area contributed by atoms with E-state index in [0.717, 1.165) is 5.56 Å². The smallest absolute Gasteiger partial charge is 0.226 e. The molecule has 2 aromatic rings. The quantitative estimate of drug-likeness (QED) is 0.802. The van der Waals surface area contributed by atoms with Crippen molar-refractivity contribution in [3.63, 3.8) is 0 Å². The van der Waals surface area contributed by atoms with Gasteiger partial charge < -0.3 is 14.5 Å². The molecule has 0 aliphatic heterocycles. The zero-order chi connectivity index (χ0) is 13.5. The van der Waals surface area contributed by atoms with Gasteiger partial charge in [-0.25, -0.2) is 4.98 Å². The van der Waals surface area contributed by atoms with E-state index in [1.807, 2.05) is 30.3 Å². The molecule has 0 spiro atoms. The Labute approximate surface area is 111 Å². The number of nitrogens with zero attached hydrogens (tertiary/aromatic N) is 1. The lowest BCUT2D eigenvalue weighted by Gasteiger charge is -2.01. The maximum atomic E-state index is 11.6. The normalized spacial score (nSPS) is 10.4. The Bertz CT molecular complexity index is 522. The summed E-state index contributed by atoms with van der Waals surface area (Å²) in [4.78, 5) is 15.9. The first-order chi connectivity index (χ1) is 9.29. The number of amides is 1. The Kier molecular flexibility index (Phi) is 4.69. The Morgan fingerprint density at radius 3 is 2.89 bits per heavy atom. The Morgan fingerprint density at radius 1 is 1.37 bits per heavy atom. The van der Waals surface area contributed by atoms with Crippen LogP contribution in [0.1, 0.15) is 5.69 Å². The molecule has 0 unspecified atom stereocenters. The highest BCUT2D eigenvalue weighted by Gasteiger charge is 2.09. The number of carbonyl (C=O) groups is 1. The maximum absolute atomic E-state index is 11.6. The van der Waals surface area contributed by atoms with E-state index in [1.54, 1.807) is 7.11 Å². The average molecular weight is 260 g/mol. The fourth-order valence-corrected chi connectivity index (χ4v) is 1.62. The van der Waals surface area contributed by atoms with E-state index < -0.39 is 0 Å². The molecule has 1 amide bonds. The van der Waals surface area contributed by atoms with Gasteiger partial charge in [-0.1, -0.05) is 18.2 Å². The highest BCUT2D eigenvalue weighted by molar-refractivity contribution is 5.78. The number of nitrogens with one attached hydrogen (secondary N) is 1. The SMILES string of the molecule is COCCNC(=O)Cc1coc(-c2ccccc2)n1. The lowest BCUT2D eigenvalue weighted by molar-refractivity contribution is -0.120. The largest absolute Gasteiger partial charge is 0.444 e. The molecule has 0 radical (unpaired) electrons. The van der Waals surface area contributed by atoms with Crippen molar-refractivity contribution in [3.05, 3.63) is 42.3 Å². The van der Waals surface area contributed by atoms with E-state index in [4.69, 9.17) is 9.15 Å². The Balaban J connectivity index is 1.93. The molecule has 1 heterocycles. The monoisotopic (exact) mass is 260 g/mol. The first-order valence-corrected chi connectivity index (χ1v) is 6.05. The van der Waals surface area contributed by atoms with Crippen LogP contribution < -0.4 is 5.32 Å². The third kappa shape index (κ3) is 3.93. The summed E-state index contributed by atoms with van der Waals surface area (Å²) in [6, 6.07) is 9.58. The summed E-state index contributed by atoms with van der Waals surface area (Å²) in [5, 5.41) is 2.74. The van der Waals surface area contributed by atoms with E-state index in [2.05, 4.69) is 10.3 Å². The molecule has 0 aliphatic carbocycles. The van der Waals surface area contributed by atoms with Gasteiger partial charge in [0, 0.05) is 19.2 Å². The summed E-state index contributed by atoms with van der Waals surface area (Å²) in [5.41, 5.74) is 1.52. The van der Waals surface area contributed by atoms with Crippen LogP contribution in [-0.4, -0.2) is 31.2 Å². The maximum Gasteiger partial charge on any atom is 0.226 e. The fraction of sp³-hybridized carbons (Fsp3) is 0.286. The summed E-state index contributed by atoms with van der Waals surface area (Å²) in [5.74, 6) is 0.435. The molecule has 1 aromatic carbocycles. The van der Waals surface area contributed by atoms with E-state index >= 15 is 0 Å². The van der Waals surface area contributed by atoms with Crippen LogP contribution in [-0.2, 0) is 16.0 Å². The van der Waals surface area contributed by atoms with Crippen molar-refractivity contribution in [1.29, 1.82) is 0 Å². The summed E-state index contributed by atoms with van der Waals surface area (Å²) in [7, 11) is 1.59. The molecule has 5 nitrogen and oxygen atoms in total. The molecule has 5 heteroatoms. The second-order valence-corrected chi connectivity index (χ2v) is 4.03. The van der Waals surface area contributed by atoms with Crippen molar-refractivity contribution < 1.29 is 13.9 Å². The minimum absolute atomic E-state index is 0.0926. The van der Waals surface area contributed by atoms with Crippen LogP contribution in [0.15, 0.2) is 41.0 Å². The van der Waals surface area contributed by atoms with Crippen molar-refractivity contribution in [1.82, 2.24) is 10.3 Å². The van der Waals surface area contributed by atoms with Gasteiger partial charge in [0.15, 0.2) is 0 Å². The molecule has 0 saturated carbocycles. The lowest BCUT2D eigenvalue weighted by atomic mass is 10.2. The zero-order valence-electron chi connectivity index (χ0n) is 10.8. The number of hydrogen-bond donors (Lipinski definition) is 1. The van der Waals surface area contributed by atoms with Crippen LogP contribution >= 0.6 is 0 Å². The van der Waals surface area contributed by atoms with Gasteiger partial charge in [-0.2, -0.15) is 0 Å². The van der Waals surface area contributed by atoms with E-state index in [0.29, 0.717) is 24.7 Å². The third-order valence-corrected chi connectivity index (χ3v) is 2.54. The van der Waals surface area contributed by atoms with Gasteiger partial charge in [-0.05, 0) is 12.1 Å². The number of oxazole rings is 1. The summed E-state index contributed by atoms with van der Waals surface area (Å²) < 4.78 is 10.2. The van der Waals surface area contributed by atoms with E-state index in [-0.39, 0.29) is 12.3 Å². The van der Waals surface area contributed by atoms with Gasteiger partial charge in [0.25, 0.3) is 0 Å². The molecule has 0 fully saturated rings. The molecular formula is C14H16N2O3. The van der Waals surface area contributed by atoms with E-state index in [1.165, 1.54) is 6.26 Å². The topological polar surface area (TPSA) is 64.4 Å². The Morgan fingerprint density at radius 2 is 2.16 bits per heavy atom. The first-order valence-electron chi connectivity index (χ1n) is 6.05. The van der Waals surface area contributed by atoms with Crippen molar-refractivity contribution >= 4 is 5.91 Å². The molecule has 1 aromatic heterocycles. The predicted molar refractivity (Wildman–Crippen MR) is 70.5 cm³/mol. The number of benzene rings is 1. The fourth-order valence-electron chi connectivity index (χ4n) is 1.62. The van der Waals surface area contributed by atoms with Crippen LogP contribution in [0.2, 0.25) is 0 Å². The standard InChI is InChI=1S/C14H16N2O3/c1-18-8-7-15-13(17)9-12-10-19-14(16-12)11-5-3-2-4-6-11/h2-6,10H,7-9H2,1H3,(H,15,17). The van der Waals surface area contributed by atoms with Gasteiger partial charge in [-0.15, -0.1) is 0 Å². The number of hydrogen-bond acceptors (Lipinski definition) is 4. The number of ether oxygens (including phenoxy) is 1. The zero-order valence-corrected chi connectivity index (χ0v) is 10.8. The summed E-state index contributed by atoms with van der Waals surface area (Å²) in [6.45, 7) is 0.999. The highest BCUT2D eigenvalue weighted by Crippen LogP contribution is 2.17. The number of rotatable bonds is 6. The molecule has 1 N–H and O–H groups in total. The average Bonchev–Trinajstić information content (AvgIpc) is 2.88. The molecule has 100 valence electrons. The Hall–Kier alpha value is -2.14. The van der Waals surface area contributed by atoms with Gasteiger partial charge in [0.05, 0.1) is 18.7 Å². The first kappa shape index (κ1) is 13.3. The number of aromatic nitrogens is 1. The lowest BCUT2D eigenvalue weighted by Crippen LogP contribution is -2.28. The minimum Gasteiger partial charge on any atom is -0.444 e. The molecule has 0 atom stereocenters. The summed E-state index contributed by atoms with van der Waals surface area (Å²) >= 11 is 0. The minimum atomic E-state index is -0.0926. The number of carbonyl (C=O) groups excluding carboxylic acids is 1. The molecule has 0 aliphatic rings. The van der Waals surface area contributed by atoms with Gasteiger partial charge in [0.2, 0.25) is 11.8 Å². The van der Waals surface area contributed by atoms with Crippen LogP contribution in [0.5, 0.6) is 0 Å². The van der Waals surface area contributed by atoms with Crippen molar-refractivity contribution in [2.75, 3.05) is 20.3 Å². The van der Waals surface area contributed by atoms with E-state index in [9.17, 15) is 4.79 Å². The van der Waals surface area contributed by atoms with Crippen LogP contribution in [0, 0.1) is 0 Å². The molecular weight excluding hydrogens is 244 g/mol. The van der Waals surface area contributed by atoms with Crippen LogP contribution in [0.4, 0.5) is 0 Å². The molecule has 19 heavy (non-hydrogen) atoms. The van der Waals surface area contributed by atoms with Crippen molar-refractivity contribution in [2.45, 2.75) is 6.42 Å². The van der Waals surface area contributed by atoms with Crippen molar-refractivity contribution in [3.8, 4) is 11.5 Å². The van der Waals surface area contributed by atoms with Gasteiger partial charge in [-0.3, -0.25) is 4.79 Å².